The van der Waals surface area contributed by atoms with Crippen LogP contribution in [0, 0.1) is 0 Å². The molecule has 0 rings (SSSR count). The Morgan fingerprint density at radius 1 is 1.31 bits per heavy atom. The third-order valence-corrected chi connectivity index (χ3v) is 2.87. The Labute approximate surface area is 81.8 Å². The summed E-state index contributed by atoms with van der Waals surface area (Å²) in [5.41, 5.74) is 0. The highest BCUT2D eigenvalue weighted by atomic mass is 28.2. The molecule has 0 saturated heterocycles. The SMILES string of the molecule is C=CC[SiH2]OC(COC)(OC)OC. The number of allylic oxidation sites excluding steroid dienone is 1. The van der Waals surface area contributed by atoms with Crippen LogP contribution in [0.15, 0.2) is 12.7 Å². The predicted molar refractivity (Wildman–Crippen MR) is 53.3 cm³/mol. The molecule has 0 aliphatic carbocycles. The van der Waals surface area contributed by atoms with Crippen molar-refractivity contribution in [3.05, 3.63) is 12.7 Å². The summed E-state index contributed by atoms with van der Waals surface area (Å²) in [5.74, 6) is -1.02. The molecule has 4 nitrogen and oxygen atoms in total. The first kappa shape index (κ1) is 12.8. The zero-order chi connectivity index (χ0) is 10.2. The normalized spacial score (nSPS) is 12.5. The molecule has 0 spiro atoms. The standard InChI is InChI=1S/C8H18O4Si/c1-5-6-13-12-8(10-3,11-4)7-9-2/h5H,1,6-7,13H2,2-4H3. The molecule has 0 aliphatic heterocycles. The zero-order valence-corrected chi connectivity index (χ0v) is 9.95. The highest BCUT2D eigenvalue weighted by Gasteiger charge is 2.30. The highest BCUT2D eigenvalue weighted by Crippen LogP contribution is 2.13. The highest BCUT2D eigenvalue weighted by molar-refractivity contribution is 6.27. The number of ether oxygens (including phenoxy) is 3. The van der Waals surface area contributed by atoms with Gasteiger partial charge >= 0.3 is 0 Å². The van der Waals surface area contributed by atoms with Crippen molar-refractivity contribution < 1.29 is 18.6 Å². The molecule has 0 amide bonds. The summed E-state index contributed by atoms with van der Waals surface area (Å²) in [6, 6.07) is 0.887. The fourth-order valence-corrected chi connectivity index (χ4v) is 1.75. The molecule has 0 unspecified atom stereocenters. The van der Waals surface area contributed by atoms with E-state index in [1.54, 1.807) is 7.11 Å². The van der Waals surface area contributed by atoms with E-state index in [9.17, 15) is 0 Å². The summed E-state index contributed by atoms with van der Waals surface area (Å²) < 4.78 is 20.7. The average Bonchev–Trinajstić information content (AvgIpc) is 2.17. The zero-order valence-electron chi connectivity index (χ0n) is 8.54. The van der Waals surface area contributed by atoms with E-state index < -0.39 is 15.7 Å². The van der Waals surface area contributed by atoms with E-state index in [0.29, 0.717) is 0 Å². The van der Waals surface area contributed by atoms with Gasteiger partial charge in [-0.05, 0) is 6.04 Å². The second kappa shape index (κ2) is 7.22. The summed E-state index contributed by atoms with van der Waals surface area (Å²) >= 11 is 0. The number of rotatable bonds is 8. The van der Waals surface area contributed by atoms with Crippen molar-refractivity contribution in [2.75, 3.05) is 27.9 Å². The Hall–Kier alpha value is -0.203. The van der Waals surface area contributed by atoms with Gasteiger partial charge in [-0.15, -0.1) is 6.58 Å². The minimum Gasteiger partial charge on any atom is -0.376 e. The molecule has 0 aliphatic rings. The van der Waals surface area contributed by atoms with Crippen LogP contribution in [0.25, 0.3) is 0 Å². The third kappa shape index (κ3) is 4.54. The van der Waals surface area contributed by atoms with Crippen molar-refractivity contribution >= 4 is 9.76 Å². The van der Waals surface area contributed by atoms with Crippen molar-refractivity contribution in [1.82, 2.24) is 0 Å². The Bertz CT molecular complexity index is 136. The minimum atomic E-state index is -1.02. The van der Waals surface area contributed by atoms with E-state index in [0.717, 1.165) is 6.04 Å². The van der Waals surface area contributed by atoms with Crippen molar-refractivity contribution in [3.8, 4) is 0 Å². The first-order valence-corrected chi connectivity index (χ1v) is 5.66. The molecule has 0 radical (unpaired) electrons. The van der Waals surface area contributed by atoms with Crippen LogP contribution < -0.4 is 0 Å². The van der Waals surface area contributed by atoms with Crippen LogP contribution in [0.3, 0.4) is 0 Å². The average molecular weight is 206 g/mol. The third-order valence-electron chi connectivity index (χ3n) is 1.59. The largest absolute Gasteiger partial charge is 0.376 e. The van der Waals surface area contributed by atoms with E-state index >= 15 is 0 Å². The molecule has 0 N–H and O–H groups in total. The van der Waals surface area contributed by atoms with Gasteiger partial charge in [0.15, 0.2) is 9.76 Å². The van der Waals surface area contributed by atoms with E-state index in [4.69, 9.17) is 18.6 Å². The lowest BCUT2D eigenvalue weighted by Gasteiger charge is -2.29. The molecule has 0 heterocycles. The fourth-order valence-electron chi connectivity index (χ4n) is 0.835. The molecule has 0 aromatic rings. The predicted octanol–water partition coefficient (Wildman–Crippen LogP) is 0.284. The van der Waals surface area contributed by atoms with Crippen molar-refractivity contribution in [1.29, 1.82) is 0 Å². The lowest BCUT2D eigenvalue weighted by atomic mass is 10.6. The van der Waals surface area contributed by atoms with Gasteiger partial charge in [-0.1, -0.05) is 6.08 Å². The monoisotopic (exact) mass is 206 g/mol. The second-order valence-corrected chi connectivity index (χ2v) is 3.72. The van der Waals surface area contributed by atoms with Crippen LogP contribution >= 0.6 is 0 Å². The van der Waals surface area contributed by atoms with Gasteiger partial charge in [0.2, 0.25) is 0 Å². The van der Waals surface area contributed by atoms with Crippen LogP contribution in [0.5, 0.6) is 0 Å². The molecule has 0 saturated carbocycles. The van der Waals surface area contributed by atoms with Crippen molar-refractivity contribution in [2.45, 2.75) is 12.0 Å². The van der Waals surface area contributed by atoms with Crippen LogP contribution in [0.1, 0.15) is 0 Å². The quantitative estimate of drug-likeness (QED) is 0.247. The van der Waals surface area contributed by atoms with E-state index in [2.05, 4.69) is 6.58 Å². The van der Waals surface area contributed by atoms with Crippen LogP contribution in [-0.2, 0) is 18.6 Å². The Morgan fingerprint density at radius 2 is 1.92 bits per heavy atom. The molecule has 78 valence electrons. The van der Waals surface area contributed by atoms with Gasteiger partial charge in [0.05, 0.1) is 0 Å². The Kier molecular flexibility index (Phi) is 7.11. The van der Waals surface area contributed by atoms with Crippen LogP contribution in [0.4, 0.5) is 0 Å². The van der Waals surface area contributed by atoms with Crippen molar-refractivity contribution in [3.63, 3.8) is 0 Å². The van der Waals surface area contributed by atoms with Gasteiger partial charge in [0.1, 0.15) is 6.61 Å². The van der Waals surface area contributed by atoms with E-state index in [1.165, 1.54) is 14.2 Å². The maximum Gasteiger partial charge on any atom is 0.297 e. The number of hydrogen-bond acceptors (Lipinski definition) is 4. The van der Waals surface area contributed by atoms with Crippen LogP contribution in [-0.4, -0.2) is 43.7 Å². The molecule has 0 aromatic carbocycles. The van der Waals surface area contributed by atoms with Gasteiger partial charge in [-0.3, -0.25) is 0 Å². The topological polar surface area (TPSA) is 36.9 Å². The van der Waals surface area contributed by atoms with Crippen molar-refractivity contribution in [2.24, 2.45) is 0 Å². The molecule has 0 aromatic heterocycles. The lowest BCUT2D eigenvalue weighted by molar-refractivity contribution is -0.339. The molecular formula is C8H18O4Si. The Balaban J connectivity index is 3.96. The second-order valence-electron chi connectivity index (χ2n) is 2.45. The summed E-state index contributed by atoms with van der Waals surface area (Å²) in [6.07, 6.45) is 1.83. The minimum absolute atomic E-state index is 0.268. The summed E-state index contributed by atoms with van der Waals surface area (Å²) in [6.45, 7) is 3.89. The summed E-state index contributed by atoms with van der Waals surface area (Å²) in [5, 5.41) is 0. The van der Waals surface area contributed by atoms with Gasteiger partial charge in [0.25, 0.3) is 5.97 Å². The smallest absolute Gasteiger partial charge is 0.297 e. The summed E-state index contributed by atoms with van der Waals surface area (Å²) in [7, 11) is 3.96. The molecule has 0 fully saturated rings. The van der Waals surface area contributed by atoms with E-state index in [1.807, 2.05) is 6.08 Å². The first-order valence-electron chi connectivity index (χ1n) is 4.08. The van der Waals surface area contributed by atoms with Gasteiger partial charge in [0, 0.05) is 21.3 Å². The number of methoxy groups -OCH3 is 3. The maximum absolute atomic E-state index is 5.51. The van der Waals surface area contributed by atoms with Crippen LogP contribution in [0.2, 0.25) is 6.04 Å². The van der Waals surface area contributed by atoms with Gasteiger partial charge < -0.3 is 18.6 Å². The summed E-state index contributed by atoms with van der Waals surface area (Å²) in [4.78, 5) is 0. The lowest BCUT2D eigenvalue weighted by Crippen LogP contribution is -2.42. The molecule has 5 heteroatoms. The molecule has 0 bridgehead atoms. The Morgan fingerprint density at radius 3 is 2.31 bits per heavy atom. The first-order chi connectivity index (χ1) is 6.24. The van der Waals surface area contributed by atoms with Gasteiger partial charge in [-0.25, -0.2) is 0 Å². The molecular weight excluding hydrogens is 188 g/mol. The fraction of sp³-hybridized carbons (Fsp3) is 0.750. The maximum atomic E-state index is 5.51. The number of hydrogen-bond donors (Lipinski definition) is 0. The van der Waals surface area contributed by atoms with E-state index in [-0.39, 0.29) is 6.61 Å². The molecule has 0 atom stereocenters. The molecule has 13 heavy (non-hydrogen) atoms. The van der Waals surface area contributed by atoms with Gasteiger partial charge in [-0.2, -0.15) is 0 Å².